The van der Waals surface area contributed by atoms with Crippen LogP contribution in [0.4, 0.5) is 6.01 Å². The second-order valence-electron chi connectivity index (χ2n) is 3.47. The van der Waals surface area contributed by atoms with Crippen LogP contribution in [0.15, 0.2) is 9.90 Å². The van der Waals surface area contributed by atoms with Crippen molar-refractivity contribution in [1.82, 2.24) is 15.1 Å². The molecule has 2 heterocycles. The van der Waals surface area contributed by atoms with Gasteiger partial charge in [-0.1, -0.05) is 5.16 Å². The SMILES string of the molecule is COCCNc1nc(Cc2csc(C)n2)no1. The van der Waals surface area contributed by atoms with Crippen LogP contribution in [-0.4, -0.2) is 35.4 Å². The summed E-state index contributed by atoms with van der Waals surface area (Å²) in [6.45, 7) is 3.22. The molecule has 0 aromatic carbocycles. The summed E-state index contributed by atoms with van der Waals surface area (Å²) < 4.78 is 9.95. The first-order chi connectivity index (χ1) is 8.28. The summed E-state index contributed by atoms with van der Waals surface area (Å²) in [4.78, 5) is 8.55. The van der Waals surface area contributed by atoms with Crippen molar-refractivity contribution in [3.63, 3.8) is 0 Å². The van der Waals surface area contributed by atoms with Gasteiger partial charge in [-0.25, -0.2) is 4.98 Å². The molecule has 6 nitrogen and oxygen atoms in total. The average Bonchev–Trinajstić information content (AvgIpc) is 2.90. The molecule has 0 aliphatic carbocycles. The number of aromatic nitrogens is 3. The quantitative estimate of drug-likeness (QED) is 0.787. The van der Waals surface area contributed by atoms with Crippen LogP contribution in [0.25, 0.3) is 0 Å². The van der Waals surface area contributed by atoms with Crippen LogP contribution in [0.3, 0.4) is 0 Å². The third-order valence-corrected chi connectivity index (χ3v) is 2.88. The maximum atomic E-state index is 5.04. The zero-order valence-corrected chi connectivity index (χ0v) is 10.6. The number of thiazole rings is 1. The molecule has 0 unspecified atom stereocenters. The zero-order valence-electron chi connectivity index (χ0n) is 9.77. The van der Waals surface area contributed by atoms with Crippen molar-refractivity contribution in [2.45, 2.75) is 13.3 Å². The summed E-state index contributed by atoms with van der Waals surface area (Å²) in [6, 6.07) is 0.420. The van der Waals surface area contributed by atoms with E-state index in [1.807, 2.05) is 12.3 Å². The van der Waals surface area contributed by atoms with Crippen LogP contribution < -0.4 is 5.32 Å². The molecule has 0 aliphatic rings. The molecule has 0 fully saturated rings. The lowest BCUT2D eigenvalue weighted by Crippen LogP contribution is -2.07. The Hall–Kier alpha value is -1.47. The maximum absolute atomic E-state index is 5.04. The van der Waals surface area contributed by atoms with Crippen molar-refractivity contribution in [2.24, 2.45) is 0 Å². The van der Waals surface area contributed by atoms with Crippen LogP contribution in [0, 0.1) is 6.92 Å². The summed E-state index contributed by atoms with van der Waals surface area (Å²) in [6.07, 6.45) is 0.597. The predicted molar refractivity (Wildman–Crippen MR) is 64.3 cm³/mol. The molecule has 0 radical (unpaired) electrons. The van der Waals surface area contributed by atoms with Gasteiger partial charge in [-0.3, -0.25) is 0 Å². The maximum Gasteiger partial charge on any atom is 0.321 e. The van der Waals surface area contributed by atoms with Crippen molar-refractivity contribution in [3.8, 4) is 0 Å². The molecule has 1 N–H and O–H groups in total. The number of hydrogen-bond donors (Lipinski definition) is 1. The van der Waals surface area contributed by atoms with Gasteiger partial charge >= 0.3 is 6.01 Å². The van der Waals surface area contributed by atoms with Gasteiger partial charge < -0.3 is 14.6 Å². The Bertz CT molecular complexity index is 468. The lowest BCUT2D eigenvalue weighted by atomic mass is 10.3. The molecule has 0 saturated heterocycles. The zero-order chi connectivity index (χ0) is 12.1. The molecule has 7 heteroatoms. The number of nitrogens with one attached hydrogen (secondary N) is 1. The highest BCUT2D eigenvalue weighted by Gasteiger charge is 2.08. The van der Waals surface area contributed by atoms with E-state index in [-0.39, 0.29) is 0 Å². The third-order valence-electron chi connectivity index (χ3n) is 2.06. The Labute approximate surface area is 103 Å². The molecule has 2 rings (SSSR count). The summed E-state index contributed by atoms with van der Waals surface area (Å²) in [5.74, 6) is 0.634. The molecule has 0 atom stereocenters. The number of ether oxygens (including phenoxy) is 1. The first-order valence-electron chi connectivity index (χ1n) is 5.24. The molecule has 0 spiro atoms. The number of nitrogens with zero attached hydrogens (tertiary/aromatic N) is 3. The second kappa shape index (κ2) is 5.74. The first kappa shape index (κ1) is 12.0. The molecule has 0 bridgehead atoms. The van der Waals surface area contributed by atoms with Gasteiger partial charge in [0.2, 0.25) is 0 Å². The van der Waals surface area contributed by atoms with E-state index >= 15 is 0 Å². The standard InChI is InChI=1S/C10H14N4O2S/c1-7-12-8(6-17-7)5-9-13-10(16-14-9)11-3-4-15-2/h6H,3-5H2,1-2H3,(H,11,13,14). The van der Waals surface area contributed by atoms with Crippen molar-refractivity contribution in [3.05, 3.63) is 21.9 Å². The van der Waals surface area contributed by atoms with E-state index in [2.05, 4.69) is 20.4 Å². The lowest BCUT2D eigenvalue weighted by molar-refractivity contribution is 0.210. The van der Waals surface area contributed by atoms with Crippen LogP contribution in [0.2, 0.25) is 0 Å². The van der Waals surface area contributed by atoms with Gasteiger partial charge in [0, 0.05) is 19.0 Å². The van der Waals surface area contributed by atoms with Crippen molar-refractivity contribution in [2.75, 3.05) is 25.6 Å². The summed E-state index contributed by atoms with van der Waals surface area (Å²) in [7, 11) is 1.64. The lowest BCUT2D eigenvalue weighted by Gasteiger charge is -1.97. The van der Waals surface area contributed by atoms with Crippen molar-refractivity contribution in [1.29, 1.82) is 0 Å². The number of anilines is 1. The van der Waals surface area contributed by atoms with Crippen molar-refractivity contribution < 1.29 is 9.26 Å². The molecule has 0 aliphatic heterocycles. The second-order valence-corrected chi connectivity index (χ2v) is 4.53. The molecule has 0 amide bonds. The van der Waals surface area contributed by atoms with Crippen molar-refractivity contribution >= 4 is 17.4 Å². The third kappa shape index (κ3) is 3.50. The van der Waals surface area contributed by atoms with Crippen LogP contribution in [-0.2, 0) is 11.2 Å². The highest BCUT2D eigenvalue weighted by atomic mass is 32.1. The topological polar surface area (TPSA) is 73.1 Å². The summed E-state index contributed by atoms with van der Waals surface area (Å²) in [5, 5.41) is 9.90. The number of aryl methyl sites for hydroxylation is 1. The Morgan fingerprint density at radius 1 is 1.47 bits per heavy atom. The smallest absolute Gasteiger partial charge is 0.321 e. The molecule has 2 aromatic rings. The fourth-order valence-corrected chi connectivity index (χ4v) is 1.92. The fourth-order valence-electron chi connectivity index (χ4n) is 1.31. The summed E-state index contributed by atoms with van der Waals surface area (Å²) in [5.41, 5.74) is 0.969. The number of rotatable bonds is 6. The van der Waals surface area contributed by atoms with Gasteiger partial charge in [0.05, 0.1) is 23.7 Å². The molecular weight excluding hydrogens is 240 g/mol. The van der Waals surface area contributed by atoms with E-state index in [0.717, 1.165) is 10.7 Å². The number of hydrogen-bond acceptors (Lipinski definition) is 7. The van der Waals surface area contributed by atoms with E-state index in [4.69, 9.17) is 9.26 Å². The van der Waals surface area contributed by atoms with E-state index in [1.165, 1.54) is 0 Å². The Morgan fingerprint density at radius 3 is 3.06 bits per heavy atom. The minimum absolute atomic E-state index is 0.420. The monoisotopic (exact) mass is 254 g/mol. The Kier molecular flexibility index (Phi) is 4.05. The van der Waals surface area contributed by atoms with Gasteiger partial charge in [-0.2, -0.15) is 4.98 Å². The normalized spacial score (nSPS) is 10.7. The van der Waals surface area contributed by atoms with E-state index in [9.17, 15) is 0 Å². The van der Waals surface area contributed by atoms with Gasteiger partial charge in [0.15, 0.2) is 5.82 Å². The van der Waals surface area contributed by atoms with E-state index in [0.29, 0.717) is 31.4 Å². The molecule has 0 saturated carbocycles. The largest absolute Gasteiger partial charge is 0.383 e. The van der Waals surface area contributed by atoms with E-state index < -0.39 is 0 Å². The van der Waals surface area contributed by atoms with Crippen LogP contribution in [0.1, 0.15) is 16.5 Å². The van der Waals surface area contributed by atoms with Crippen LogP contribution in [0.5, 0.6) is 0 Å². The fraction of sp³-hybridized carbons (Fsp3) is 0.500. The van der Waals surface area contributed by atoms with Gasteiger partial charge in [-0.15, -0.1) is 11.3 Å². The van der Waals surface area contributed by atoms with Crippen LogP contribution >= 0.6 is 11.3 Å². The number of methoxy groups -OCH3 is 1. The first-order valence-corrected chi connectivity index (χ1v) is 6.12. The van der Waals surface area contributed by atoms with E-state index in [1.54, 1.807) is 18.4 Å². The summed E-state index contributed by atoms with van der Waals surface area (Å²) >= 11 is 1.62. The predicted octanol–water partition coefficient (Wildman–Crippen LogP) is 1.48. The highest BCUT2D eigenvalue weighted by molar-refractivity contribution is 7.09. The molecule has 2 aromatic heterocycles. The highest BCUT2D eigenvalue weighted by Crippen LogP contribution is 2.12. The molecule has 17 heavy (non-hydrogen) atoms. The average molecular weight is 254 g/mol. The molecular formula is C10H14N4O2S. The van der Waals surface area contributed by atoms with Gasteiger partial charge in [-0.05, 0) is 6.92 Å². The Morgan fingerprint density at radius 2 is 2.35 bits per heavy atom. The van der Waals surface area contributed by atoms with Gasteiger partial charge in [0.25, 0.3) is 0 Å². The minimum atomic E-state index is 0.420. The Balaban J connectivity index is 1.89. The molecule has 92 valence electrons. The van der Waals surface area contributed by atoms with Gasteiger partial charge in [0.1, 0.15) is 0 Å². The minimum Gasteiger partial charge on any atom is -0.383 e.